The number of amides is 2. The van der Waals surface area contributed by atoms with E-state index in [0.29, 0.717) is 6.54 Å². The highest BCUT2D eigenvalue weighted by Crippen LogP contribution is 2.00. The molecule has 0 spiro atoms. The van der Waals surface area contributed by atoms with Gasteiger partial charge in [-0.2, -0.15) is 0 Å². The Hall–Kier alpha value is -2.88. The fraction of sp³-hybridized carbons (Fsp3) is 0.111. The fourth-order valence-electron chi connectivity index (χ4n) is 1.82. The normalized spacial score (nSPS) is 10.4. The largest absolute Gasteiger partial charge is 0.350 e. The smallest absolute Gasteiger partial charge is 0.244 e. The molecule has 0 unspecified atom stereocenters. The molecule has 0 atom stereocenters. The highest BCUT2D eigenvalue weighted by Gasteiger charge is 2.02. The SMILES string of the molecule is O=C(/C=C/c1ccccc1)NCC(=O)NCc1ccccc1. The Balaban J connectivity index is 1.69. The predicted molar refractivity (Wildman–Crippen MR) is 86.8 cm³/mol. The van der Waals surface area contributed by atoms with Crippen molar-refractivity contribution in [3.8, 4) is 0 Å². The van der Waals surface area contributed by atoms with Crippen LogP contribution in [0.25, 0.3) is 6.08 Å². The molecule has 2 rings (SSSR count). The molecule has 0 heterocycles. The van der Waals surface area contributed by atoms with Crippen LogP contribution in [0.1, 0.15) is 11.1 Å². The van der Waals surface area contributed by atoms with Crippen molar-refractivity contribution in [2.75, 3.05) is 6.54 Å². The van der Waals surface area contributed by atoms with Crippen LogP contribution >= 0.6 is 0 Å². The van der Waals surface area contributed by atoms with Crippen LogP contribution < -0.4 is 10.6 Å². The molecule has 4 heteroatoms. The molecule has 4 nitrogen and oxygen atoms in total. The first-order valence-corrected chi connectivity index (χ1v) is 7.05. The first-order chi connectivity index (χ1) is 10.7. The summed E-state index contributed by atoms with van der Waals surface area (Å²) in [6.07, 6.45) is 3.12. The minimum atomic E-state index is -0.293. The van der Waals surface area contributed by atoms with Gasteiger partial charge >= 0.3 is 0 Å². The Morgan fingerprint density at radius 1 is 0.864 bits per heavy atom. The molecule has 0 aliphatic rings. The van der Waals surface area contributed by atoms with Crippen LogP contribution in [0.15, 0.2) is 66.7 Å². The Bertz CT molecular complexity index is 637. The third kappa shape index (κ3) is 5.63. The van der Waals surface area contributed by atoms with Gasteiger partial charge in [0.15, 0.2) is 0 Å². The van der Waals surface area contributed by atoms with Gasteiger partial charge in [0, 0.05) is 12.6 Å². The lowest BCUT2D eigenvalue weighted by Gasteiger charge is -2.05. The second kappa shape index (κ2) is 8.42. The Morgan fingerprint density at radius 2 is 1.50 bits per heavy atom. The number of nitrogens with one attached hydrogen (secondary N) is 2. The number of hydrogen-bond acceptors (Lipinski definition) is 2. The van der Waals surface area contributed by atoms with E-state index in [1.165, 1.54) is 6.08 Å². The molecule has 22 heavy (non-hydrogen) atoms. The maximum atomic E-state index is 11.6. The molecule has 0 saturated carbocycles. The van der Waals surface area contributed by atoms with Crippen LogP contribution in [0.3, 0.4) is 0 Å². The summed E-state index contributed by atoms with van der Waals surface area (Å²) in [4.78, 5) is 23.3. The van der Waals surface area contributed by atoms with E-state index in [1.54, 1.807) is 6.08 Å². The Morgan fingerprint density at radius 3 is 2.18 bits per heavy atom. The van der Waals surface area contributed by atoms with E-state index in [2.05, 4.69) is 10.6 Å². The highest BCUT2D eigenvalue weighted by atomic mass is 16.2. The van der Waals surface area contributed by atoms with Crippen molar-refractivity contribution in [2.45, 2.75) is 6.54 Å². The number of rotatable bonds is 6. The molecular formula is C18H18N2O2. The van der Waals surface area contributed by atoms with Crippen molar-refractivity contribution < 1.29 is 9.59 Å². The van der Waals surface area contributed by atoms with Crippen LogP contribution in [0.4, 0.5) is 0 Å². The highest BCUT2D eigenvalue weighted by molar-refractivity contribution is 5.94. The van der Waals surface area contributed by atoms with Crippen LogP contribution in [0, 0.1) is 0 Å². The van der Waals surface area contributed by atoms with Crippen molar-refractivity contribution in [2.24, 2.45) is 0 Å². The van der Waals surface area contributed by atoms with Gasteiger partial charge in [0.2, 0.25) is 11.8 Å². The maximum Gasteiger partial charge on any atom is 0.244 e. The third-order valence-corrected chi connectivity index (χ3v) is 2.98. The van der Waals surface area contributed by atoms with Gasteiger partial charge in [-0.25, -0.2) is 0 Å². The van der Waals surface area contributed by atoms with Crippen LogP contribution in [-0.2, 0) is 16.1 Å². The van der Waals surface area contributed by atoms with Crippen molar-refractivity contribution in [1.29, 1.82) is 0 Å². The lowest BCUT2D eigenvalue weighted by Crippen LogP contribution is -2.35. The van der Waals surface area contributed by atoms with Gasteiger partial charge < -0.3 is 10.6 Å². The zero-order valence-electron chi connectivity index (χ0n) is 12.2. The zero-order chi connectivity index (χ0) is 15.6. The lowest BCUT2D eigenvalue weighted by atomic mass is 10.2. The van der Waals surface area contributed by atoms with Gasteiger partial charge in [0.1, 0.15) is 0 Å². The molecule has 2 N–H and O–H groups in total. The summed E-state index contributed by atoms with van der Waals surface area (Å²) in [6.45, 7) is 0.417. The first kappa shape index (κ1) is 15.5. The second-order valence-electron chi connectivity index (χ2n) is 4.72. The molecule has 112 valence electrons. The van der Waals surface area contributed by atoms with E-state index in [9.17, 15) is 9.59 Å². The van der Waals surface area contributed by atoms with E-state index in [0.717, 1.165) is 11.1 Å². The molecule has 0 aromatic heterocycles. The zero-order valence-corrected chi connectivity index (χ0v) is 12.2. The number of benzene rings is 2. The summed E-state index contributed by atoms with van der Waals surface area (Å²) in [5, 5.41) is 5.30. The van der Waals surface area contributed by atoms with Crippen LogP contribution in [0.5, 0.6) is 0 Å². The summed E-state index contributed by atoms with van der Waals surface area (Å²) >= 11 is 0. The first-order valence-electron chi connectivity index (χ1n) is 7.05. The molecule has 2 aromatic rings. The predicted octanol–water partition coefficient (Wildman–Crippen LogP) is 2.13. The molecule has 0 aliphatic heterocycles. The molecule has 0 bridgehead atoms. The average Bonchev–Trinajstić information content (AvgIpc) is 2.58. The van der Waals surface area contributed by atoms with Gasteiger partial charge in [-0.3, -0.25) is 9.59 Å². The van der Waals surface area contributed by atoms with Crippen LogP contribution in [-0.4, -0.2) is 18.4 Å². The minimum Gasteiger partial charge on any atom is -0.350 e. The van der Waals surface area contributed by atoms with E-state index >= 15 is 0 Å². The Kier molecular flexibility index (Phi) is 5.93. The lowest BCUT2D eigenvalue weighted by molar-refractivity contribution is -0.124. The van der Waals surface area contributed by atoms with Crippen molar-refractivity contribution in [3.63, 3.8) is 0 Å². The number of hydrogen-bond donors (Lipinski definition) is 2. The van der Waals surface area contributed by atoms with Gasteiger partial charge in [0.25, 0.3) is 0 Å². The summed E-state index contributed by atoms with van der Waals surface area (Å²) < 4.78 is 0. The summed E-state index contributed by atoms with van der Waals surface area (Å²) in [7, 11) is 0. The standard InChI is InChI=1S/C18H18N2O2/c21-17(12-11-15-7-3-1-4-8-15)20-14-18(22)19-13-16-9-5-2-6-10-16/h1-12H,13-14H2,(H,19,22)(H,20,21)/b12-11+. The van der Waals surface area contributed by atoms with E-state index in [4.69, 9.17) is 0 Å². The quantitative estimate of drug-likeness (QED) is 0.802. The monoisotopic (exact) mass is 294 g/mol. The van der Waals surface area contributed by atoms with Gasteiger partial charge in [-0.05, 0) is 17.2 Å². The molecule has 0 aliphatic carbocycles. The summed E-state index contributed by atoms with van der Waals surface area (Å²) in [5.74, 6) is -0.510. The Labute approximate surface area is 129 Å². The molecular weight excluding hydrogens is 276 g/mol. The van der Waals surface area contributed by atoms with Crippen molar-refractivity contribution >= 4 is 17.9 Å². The van der Waals surface area contributed by atoms with Crippen LogP contribution in [0.2, 0.25) is 0 Å². The number of carbonyl (C=O) groups excluding carboxylic acids is 2. The molecule has 2 aromatic carbocycles. The van der Waals surface area contributed by atoms with Gasteiger partial charge in [0.05, 0.1) is 6.54 Å². The van der Waals surface area contributed by atoms with Gasteiger partial charge in [-0.15, -0.1) is 0 Å². The topological polar surface area (TPSA) is 58.2 Å². The molecule has 0 radical (unpaired) electrons. The second-order valence-corrected chi connectivity index (χ2v) is 4.72. The third-order valence-electron chi connectivity index (χ3n) is 2.98. The molecule has 2 amide bonds. The number of carbonyl (C=O) groups is 2. The summed E-state index contributed by atoms with van der Waals surface area (Å²) in [6, 6.07) is 19.1. The fourth-order valence-corrected chi connectivity index (χ4v) is 1.82. The summed E-state index contributed by atoms with van der Waals surface area (Å²) in [5.41, 5.74) is 1.96. The average molecular weight is 294 g/mol. The minimum absolute atomic E-state index is 0.0369. The van der Waals surface area contributed by atoms with Gasteiger partial charge in [-0.1, -0.05) is 60.7 Å². The molecule has 0 saturated heterocycles. The van der Waals surface area contributed by atoms with Crippen molar-refractivity contribution in [3.05, 3.63) is 77.9 Å². The molecule has 0 fully saturated rings. The van der Waals surface area contributed by atoms with E-state index < -0.39 is 0 Å². The maximum absolute atomic E-state index is 11.6. The van der Waals surface area contributed by atoms with E-state index in [1.807, 2.05) is 60.7 Å². The van der Waals surface area contributed by atoms with E-state index in [-0.39, 0.29) is 18.4 Å². The van der Waals surface area contributed by atoms with Crippen molar-refractivity contribution in [1.82, 2.24) is 10.6 Å².